The molecule has 2 N–H and O–H groups in total. The summed E-state index contributed by atoms with van der Waals surface area (Å²) >= 11 is 0. The van der Waals surface area contributed by atoms with E-state index >= 15 is 0 Å². The van der Waals surface area contributed by atoms with Crippen LogP contribution in [0.3, 0.4) is 0 Å². The fourth-order valence-electron chi connectivity index (χ4n) is 3.04. The van der Waals surface area contributed by atoms with E-state index < -0.39 is 0 Å². The first kappa shape index (κ1) is 13.7. The minimum atomic E-state index is 0.764. The molecule has 1 aliphatic rings. The number of hydrazone groups is 1. The van der Waals surface area contributed by atoms with Gasteiger partial charge in [0.1, 0.15) is 0 Å². The molecule has 0 spiro atoms. The van der Waals surface area contributed by atoms with E-state index in [1.165, 1.54) is 33.5 Å². The van der Waals surface area contributed by atoms with Crippen LogP contribution in [0, 0.1) is 20.8 Å². The number of hydrogen-bond acceptors (Lipinski definition) is 3. The van der Waals surface area contributed by atoms with E-state index in [4.69, 9.17) is 0 Å². The van der Waals surface area contributed by atoms with E-state index in [9.17, 15) is 0 Å². The van der Waals surface area contributed by atoms with E-state index in [0.717, 1.165) is 17.9 Å². The van der Waals surface area contributed by atoms with Crippen molar-refractivity contribution in [1.29, 1.82) is 0 Å². The topological polar surface area (TPSA) is 36.4 Å². The highest BCUT2D eigenvalue weighted by Crippen LogP contribution is 2.30. The van der Waals surface area contributed by atoms with Crippen molar-refractivity contribution in [2.75, 3.05) is 5.32 Å². The Morgan fingerprint density at radius 1 is 1.05 bits per heavy atom. The lowest BCUT2D eigenvalue weighted by Crippen LogP contribution is -2.19. The molecule has 0 bridgehead atoms. The summed E-state index contributed by atoms with van der Waals surface area (Å²) in [7, 11) is 0. The number of nitrogens with one attached hydrogen (secondary N) is 2. The molecule has 0 amide bonds. The van der Waals surface area contributed by atoms with Crippen LogP contribution in [0.2, 0.25) is 0 Å². The standard InChI is InChI=1S/C18H21N3/c1-11-8-12(2)18(13(3)9-11)20-17-7-5-6-15-14(4)21-19-10-16(15)17/h5-9,19-20H,10H2,1-4H3. The van der Waals surface area contributed by atoms with Gasteiger partial charge in [-0.05, 0) is 44.9 Å². The van der Waals surface area contributed by atoms with Gasteiger partial charge in [-0.15, -0.1) is 0 Å². The average Bonchev–Trinajstić information content (AvgIpc) is 2.43. The molecule has 0 saturated carbocycles. The van der Waals surface area contributed by atoms with Crippen LogP contribution in [0.15, 0.2) is 35.4 Å². The number of anilines is 2. The molecule has 0 saturated heterocycles. The van der Waals surface area contributed by atoms with Crippen LogP contribution >= 0.6 is 0 Å². The van der Waals surface area contributed by atoms with Crippen molar-refractivity contribution < 1.29 is 0 Å². The van der Waals surface area contributed by atoms with Gasteiger partial charge in [0.25, 0.3) is 0 Å². The molecule has 2 aromatic rings. The van der Waals surface area contributed by atoms with Gasteiger partial charge in [-0.3, -0.25) is 0 Å². The Morgan fingerprint density at radius 3 is 2.48 bits per heavy atom. The number of aryl methyl sites for hydroxylation is 3. The van der Waals surface area contributed by atoms with Gasteiger partial charge < -0.3 is 10.7 Å². The number of benzene rings is 2. The Labute approximate surface area is 126 Å². The van der Waals surface area contributed by atoms with Crippen molar-refractivity contribution in [3.8, 4) is 0 Å². The zero-order valence-electron chi connectivity index (χ0n) is 13.0. The molecule has 0 aromatic heterocycles. The first-order chi connectivity index (χ1) is 10.1. The van der Waals surface area contributed by atoms with Gasteiger partial charge in [0.2, 0.25) is 0 Å². The molecular formula is C18H21N3. The highest BCUT2D eigenvalue weighted by atomic mass is 15.3. The predicted molar refractivity (Wildman–Crippen MR) is 89.4 cm³/mol. The van der Waals surface area contributed by atoms with Crippen LogP contribution < -0.4 is 10.7 Å². The Bertz CT molecular complexity index is 706. The van der Waals surface area contributed by atoms with Gasteiger partial charge in [0, 0.05) is 22.5 Å². The van der Waals surface area contributed by atoms with E-state index in [1.807, 2.05) is 6.92 Å². The molecule has 1 aliphatic heterocycles. The van der Waals surface area contributed by atoms with Crippen LogP contribution in [0.25, 0.3) is 0 Å². The van der Waals surface area contributed by atoms with Crippen molar-refractivity contribution in [2.45, 2.75) is 34.2 Å². The first-order valence-electron chi connectivity index (χ1n) is 7.30. The zero-order chi connectivity index (χ0) is 15.0. The number of hydrogen-bond donors (Lipinski definition) is 2. The van der Waals surface area contributed by atoms with E-state index in [0.29, 0.717) is 0 Å². The summed E-state index contributed by atoms with van der Waals surface area (Å²) in [6.45, 7) is 9.25. The third kappa shape index (κ3) is 2.51. The maximum absolute atomic E-state index is 4.30. The molecule has 21 heavy (non-hydrogen) atoms. The summed E-state index contributed by atoms with van der Waals surface area (Å²) in [4.78, 5) is 0. The molecule has 0 fully saturated rings. The van der Waals surface area contributed by atoms with Gasteiger partial charge in [0.15, 0.2) is 0 Å². The molecule has 3 nitrogen and oxygen atoms in total. The Kier molecular flexibility index (Phi) is 3.42. The molecule has 3 heteroatoms. The van der Waals surface area contributed by atoms with E-state index in [2.05, 4.69) is 66.9 Å². The summed E-state index contributed by atoms with van der Waals surface area (Å²) in [5.41, 5.74) is 12.9. The summed E-state index contributed by atoms with van der Waals surface area (Å²) in [6.07, 6.45) is 0. The normalized spacial score (nSPS) is 13.2. The molecule has 0 atom stereocenters. The smallest absolute Gasteiger partial charge is 0.0648 e. The van der Waals surface area contributed by atoms with Gasteiger partial charge >= 0.3 is 0 Å². The highest BCUT2D eigenvalue weighted by molar-refractivity contribution is 6.01. The quantitative estimate of drug-likeness (QED) is 0.865. The Morgan fingerprint density at radius 2 is 1.76 bits per heavy atom. The average molecular weight is 279 g/mol. The lowest BCUT2D eigenvalue weighted by atomic mass is 9.99. The third-order valence-corrected chi connectivity index (χ3v) is 4.01. The summed E-state index contributed by atoms with van der Waals surface area (Å²) in [5.74, 6) is 0. The Balaban J connectivity index is 2.04. The van der Waals surface area contributed by atoms with Gasteiger partial charge in [-0.1, -0.05) is 29.8 Å². The predicted octanol–water partition coefficient (Wildman–Crippen LogP) is 4.18. The monoisotopic (exact) mass is 279 g/mol. The SMILES string of the molecule is CC1=NNCc2c(Nc3c(C)cc(C)cc3C)cccc21. The third-order valence-electron chi connectivity index (χ3n) is 4.01. The zero-order valence-corrected chi connectivity index (χ0v) is 13.0. The second-order valence-electron chi connectivity index (χ2n) is 5.76. The molecule has 2 aromatic carbocycles. The van der Waals surface area contributed by atoms with Crippen molar-refractivity contribution in [3.63, 3.8) is 0 Å². The van der Waals surface area contributed by atoms with Crippen molar-refractivity contribution in [3.05, 3.63) is 58.1 Å². The molecule has 0 aliphatic carbocycles. The second kappa shape index (κ2) is 5.24. The van der Waals surface area contributed by atoms with Gasteiger partial charge in [0.05, 0.1) is 12.3 Å². The summed E-state index contributed by atoms with van der Waals surface area (Å²) < 4.78 is 0. The fourth-order valence-corrected chi connectivity index (χ4v) is 3.04. The van der Waals surface area contributed by atoms with Gasteiger partial charge in [-0.2, -0.15) is 5.10 Å². The lowest BCUT2D eigenvalue weighted by molar-refractivity contribution is 0.729. The second-order valence-corrected chi connectivity index (χ2v) is 5.76. The maximum Gasteiger partial charge on any atom is 0.0648 e. The lowest BCUT2D eigenvalue weighted by Gasteiger charge is -2.21. The largest absolute Gasteiger partial charge is 0.355 e. The van der Waals surface area contributed by atoms with E-state index in [1.54, 1.807) is 0 Å². The number of fused-ring (bicyclic) bond motifs is 1. The van der Waals surface area contributed by atoms with Crippen molar-refractivity contribution in [2.24, 2.45) is 5.10 Å². The van der Waals surface area contributed by atoms with E-state index in [-0.39, 0.29) is 0 Å². The van der Waals surface area contributed by atoms with Crippen LogP contribution in [-0.4, -0.2) is 5.71 Å². The first-order valence-corrected chi connectivity index (χ1v) is 7.30. The Hall–Kier alpha value is -2.29. The fraction of sp³-hybridized carbons (Fsp3) is 0.278. The number of nitrogens with zero attached hydrogens (tertiary/aromatic N) is 1. The van der Waals surface area contributed by atoms with Crippen molar-refractivity contribution in [1.82, 2.24) is 5.43 Å². The molecule has 0 unspecified atom stereocenters. The summed E-state index contributed by atoms with van der Waals surface area (Å²) in [5, 5.41) is 7.93. The highest BCUT2D eigenvalue weighted by Gasteiger charge is 2.15. The van der Waals surface area contributed by atoms with Crippen LogP contribution in [0.1, 0.15) is 34.7 Å². The van der Waals surface area contributed by atoms with Crippen LogP contribution in [0.5, 0.6) is 0 Å². The van der Waals surface area contributed by atoms with Gasteiger partial charge in [-0.25, -0.2) is 0 Å². The molecule has 108 valence electrons. The molecular weight excluding hydrogens is 258 g/mol. The minimum absolute atomic E-state index is 0.764. The summed E-state index contributed by atoms with van der Waals surface area (Å²) in [6, 6.07) is 10.8. The molecule has 1 heterocycles. The van der Waals surface area contributed by atoms with Crippen LogP contribution in [-0.2, 0) is 6.54 Å². The van der Waals surface area contributed by atoms with Crippen molar-refractivity contribution >= 4 is 17.1 Å². The minimum Gasteiger partial charge on any atom is -0.355 e. The maximum atomic E-state index is 4.30. The van der Waals surface area contributed by atoms with Crippen LogP contribution in [0.4, 0.5) is 11.4 Å². The number of rotatable bonds is 2. The molecule has 0 radical (unpaired) electrons. The molecule has 3 rings (SSSR count).